The van der Waals surface area contributed by atoms with Crippen LogP contribution in [-0.4, -0.2) is 25.8 Å². The molecule has 4 nitrogen and oxygen atoms in total. The van der Waals surface area contributed by atoms with Crippen molar-refractivity contribution in [1.29, 1.82) is 0 Å². The molecule has 0 saturated carbocycles. The van der Waals surface area contributed by atoms with E-state index in [1.807, 2.05) is 47.8 Å². The van der Waals surface area contributed by atoms with Crippen LogP contribution in [-0.2, 0) is 14.6 Å². The lowest BCUT2D eigenvalue weighted by Gasteiger charge is -2.20. The first-order chi connectivity index (χ1) is 10.6. The number of amides is 1. The highest BCUT2D eigenvalue weighted by Gasteiger charge is 2.34. The lowest BCUT2D eigenvalue weighted by molar-refractivity contribution is -0.124. The van der Waals surface area contributed by atoms with Crippen LogP contribution < -0.4 is 5.32 Å². The van der Waals surface area contributed by atoms with E-state index in [2.05, 4.69) is 5.32 Å². The second-order valence-corrected chi connectivity index (χ2v) is 8.68. The number of hydrogen-bond acceptors (Lipinski definition) is 4. The zero-order chi connectivity index (χ0) is 15.6. The molecule has 1 saturated heterocycles. The molecule has 1 aromatic heterocycles. The van der Waals surface area contributed by atoms with Crippen molar-refractivity contribution in [1.82, 2.24) is 5.32 Å². The molecule has 0 unspecified atom stereocenters. The van der Waals surface area contributed by atoms with Gasteiger partial charge in [-0.1, -0.05) is 36.4 Å². The molecule has 1 aliphatic heterocycles. The molecule has 1 N–H and O–H groups in total. The Hall–Kier alpha value is -1.66. The molecule has 1 fully saturated rings. The van der Waals surface area contributed by atoms with Crippen molar-refractivity contribution < 1.29 is 13.2 Å². The molecule has 3 rings (SSSR count). The maximum atomic E-state index is 12.4. The van der Waals surface area contributed by atoms with E-state index in [4.69, 9.17) is 0 Å². The van der Waals surface area contributed by atoms with E-state index in [0.29, 0.717) is 6.42 Å². The molecule has 1 aliphatic rings. The Morgan fingerprint density at radius 2 is 1.95 bits per heavy atom. The number of carbonyl (C=O) groups is 1. The van der Waals surface area contributed by atoms with E-state index >= 15 is 0 Å². The molecular formula is C16H17NO3S2. The van der Waals surface area contributed by atoms with Gasteiger partial charge in [0.1, 0.15) is 0 Å². The normalized spacial score (nSPS) is 21.4. The van der Waals surface area contributed by atoms with E-state index < -0.39 is 15.8 Å². The molecule has 116 valence electrons. The molecule has 2 heterocycles. The van der Waals surface area contributed by atoms with Gasteiger partial charge in [0.25, 0.3) is 0 Å². The first-order valence-corrected chi connectivity index (χ1v) is 9.84. The highest BCUT2D eigenvalue weighted by Crippen LogP contribution is 2.27. The Kier molecular flexibility index (Phi) is 4.31. The smallest absolute Gasteiger partial charge is 0.224 e. The van der Waals surface area contributed by atoms with Gasteiger partial charge in [0.05, 0.1) is 23.5 Å². The van der Waals surface area contributed by atoms with Crippen molar-refractivity contribution in [3.8, 4) is 0 Å². The largest absolute Gasteiger partial charge is 0.344 e. The molecule has 2 aromatic rings. The molecule has 0 aliphatic carbocycles. The zero-order valence-corrected chi connectivity index (χ0v) is 13.6. The molecule has 0 bridgehead atoms. The van der Waals surface area contributed by atoms with Gasteiger partial charge in [-0.3, -0.25) is 4.79 Å². The zero-order valence-electron chi connectivity index (χ0n) is 11.9. The minimum atomic E-state index is -3.05. The van der Waals surface area contributed by atoms with Crippen LogP contribution in [0, 0.1) is 5.92 Å². The first kappa shape index (κ1) is 15.2. The molecule has 0 radical (unpaired) electrons. The van der Waals surface area contributed by atoms with Crippen molar-refractivity contribution in [2.24, 2.45) is 5.92 Å². The number of carbonyl (C=O) groups excluding carboxylic acids is 1. The van der Waals surface area contributed by atoms with Gasteiger partial charge in [0.15, 0.2) is 9.84 Å². The van der Waals surface area contributed by atoms with E-state index in [-0.39, 0.29) is 23.5 Å². The summed E-state index contributed by atoms with van der Waals surface area (Å²) in [5, 5.41) is 4.99. The van der Waals surface area contributed by atoms with E-state index in [1.54, 1.807) is 11.3 Å². The van der Waals surface area contributed by atoms with Gasteiger partial charge in [0, 0.05) is 4.88 Å². The number of nitrogens with one attached hydrogen (secondary N) is 1. The first-order valence-electron chi connectivity index (χ1n) is 7.14. The number of rotatable bonds is 4. The lowest BCUT2D eigenvalue weighted by atomic mass is 10.0. The van der Waals surface area contributed by atoms with E-state index in [1.165, 1.54) is 0 Å². The summed E-state index contributed by atoms with van der Waals surface area (Å²) < 4.78 is 23.1. The number of benzene rings is 1. The monoisotopic (exact) mass is 335 g/mol. The number of hydrogen-bond donors (Lipinski definition) is 1. The summed E-state index contributed by atoms with van der Waals surface area (Å²) in [6, 6.07) is 13.4. The molecular weight excluding hydrogens is 318 g/mol. The molecule has 6 heteroatoms. The average Bonchev–Trinajstić information content (AvgIpc) is 3.15. The Morgan fingerprint density at radius 3 is 2.55 bits per heavy atom. The summed E-state index contributed by atoms with van der Waals surface area (Å²) in [4.78, 5) is 13.5. The fourth-order valence-electron chi connectivity index (χ4n) is 2.68. The second kappa shape index (κ2) is 6.22. The highest BCUT2D eigenvalue weighted by molar-refractivity contribution is 7.91. The summed E-state index contributed by atoms with van der Waals surface area (Å²) in [5.41, 5.74) is 0.999. The van der Waals surface area contributed by atoms with Crippen LogP contribution >= 0.6 is 11.3 Å². The predicted octanol–water partition coefficient (Wildman–Crippen LogP) is 2.39. The second-order valence-electron chi connectivity index (χ2n) is 5.47. The van der Waals surface area contributed by atoms with Gasteiger partial charge in [-0.25, -0.2) is 8.42 Å². The Balaban J connectivity index is 1.81. The van der Waals surface area contributed by atoms with E-state index in [9.17, 15) is 13.2 Å². The summed E-state index contributed by atoms with van der Waals surface area (Å²) >= 11 is 1.58. The third-order valence-corrected chi connectivity index (χ3v) is 6.56. The highest BCUT2D eigenvalue weighted by atomic mass is 32.2. The lowest BCUT2D eigenvalue weighted by Crippen LogP contribution is -2.34. The molecule has 1 aromatic carbocycles. The molecule has 22 heavy (non-hydrogen) atoms. The summed E-state index contributed by atoms with van der Waals surface area (Å²) in [7, 11) is -3.05. The van der Waals surface area contributed by atoms with Gasteiger partial charge in [-0.2, -0.15) is 0 Å². The van der Waals surface area contributed by atoms with Crippen LogP contribution in [0.2, 0.25) is 0 Å². The van der Waals surface area contributed by atoms with Gasteiger partial charge in [-0.15, -0.1) is 11.3 Å². The fraction of sp³-hybridized carbons (Fsp3) is 0.312. The summed E-state index contributed by atoms with van der Waals surface area (Å²) in [5.74, 6) is -0.537. The van der Waals surface area contributed by atoms with Crippen LogP contribution in [0.4, 0.5) is 0 Å². The molecule has 1 amide bonds. The van der Waals surface area contributed by atoms with Crippen LogP contribution in [0.15, 0.2) is 47.8 Å². The van der Waals surface area contributed by atoms with Crippen LogP contribution in [0.25, 0.3) is 0 Å². The van der Waals surface area contributed by atoms with Gasteiger partial charge < -0.3 is 5.32 Å². The Morgan fingerprint density at radius 1 is 1.18 bits per heavy atom. The van der Waals surface area contributed by atoms with Crippen LogP contribution in [0.3, 0.4) is 0 Å². The number of sulfone groups is 1. The summed E-state index contributed by atoms with van der Waals surface area (Å²) in [6.07, 6.45) is 0.417. The number of thiophene rings is 1. The third kappa shape index (κ3) is 3.39. The third-order valence-electron chi connectivity index (χ3n) is 3.85. The SMILES string of the molecule is O=C(N[C@H](c1ccccc1)c1cccs1)[C@@H]1CCS(=O)(=O)C1. The van der Waals surface area contributed by atoms with Crippen molar-refractivity contribution >= 4 is 27.1 Å². The van der Waals surface area contributed by atoms with Crippen molar-refractivity contribution in [3.63, 3.8) is 0 Å². The fourth-order valence-corrected chi connectivity index (χ4v) is 5.23. The minimum Gasteiger partial charge on any atom is -0.344 e. The maximum Gasteiger partial charge on any atom is 0.224 e. The Bertz CT molecular complexity index is 739. The van der Waals surface area contributed by atoms with Gasteiger partial charge in [-0.05, 0) is 23.4 Å². The summed E-state index contributed by atoms with van der Waals surface area (Å²) in [6.45, 7) is 0. The van der Waals surface area contributed by atoms with E-state index in [0.717, 1.165) is 10.4 Å². The minimum absolute atomic E-state index is 0.0369. The standard InChI is InChI=1S/C16H17NO3S2/c18-16(13-8-10-22(19,20)11-13)17-15(14-7-4-9-21-14)12-5-2-1-3-6-12/h1-7,9,13,15H,8,10-11H2,(H,17,18)/t13-,15-/m1/s1. The van der Waals surface area contributed by atoms with Crippen LogP contribution in [0.5, 0.6) is 0 Å². The topological polar surface area (TPSA) is 63.2 Å². The molecule has 0 spiro atoms. The predicted molar refractivity (Wildman–Crippen MR) is 87.5 cm³/mol. The Labute approximate surface area is 134 Å². The average molecular weight is 335 g/mol. The van der Waals surface area contributed by atoms with Crippen molar-refractivity contribution in [3.05, 3.63) is 58.3 Å². The van der Waals surface area contributed by atoms with Gasteiger partial charge >= 0.3 is 0 Å². The van der Waals surface area contributed by atoms with Gasteiger partial charge in [0.2, 0.25) is 5.91 Å². The molecule has 2 atom stereocenters. The maximum absolute atomic E-state index is 12.4. The van der Waals surface area contributed by atoms with Crippen molar-refractivity contribution in [2.75, 3.05) is 11.5 Å². The van der Waals surface area contributed by atoms with Crippen LogP contribution in [0.1, 0.15) is 22.9 Å². The quantitative estimate of drug-likeness (QED) is 0.933. The van der Waals surface area contributed by atoms with Crippen molar-refractivity contribution in [2.45, 2.75) is 12.5 Å².